The Morgan fingerprint density at radius 3 is 2.60 bits per heavy atom. The molecule has 0 N–H and O–H groups in total. The number of hydrogen-bond acceptors (Lipinski definition) is 4. The number of carbonyl (C=O) groups is 1. The molecule has 2 aromatic carbocycles. The van der Waals surface area contributed by atoms with Crippen LogP contribution in [0.4, 0.5) is 4.39 Å². The zero-order valence-corrected chi connectivity index (χ0v) is 13.9. The predicted octanol–water partition coefficient (Wildman–Crippen LogP) is 4.15. The number of rotatable bonds is 6. The van der Waals surface area contributed by atoms with E-state index in [0.29, 0.717) is 30.9 Å². The maximum Gasteiger partial charge on any atom is 0.363 e. The summed E-state index contributed by atoms with van der Waals surface area (Å²) in [5.74, 6) is 0.327. The molecule has 0 fully saturated rings. The lowest BCUT2D eigenvalue weighted by atomic mass is 10.1. The molecule has 5 heteroatoms. The lowest BCUT2D eigenvalue weighted by Crippen LogP contribution is -2.05. The summed E-state index contributed by atoms with van der Waals surface area (Å²) in [6, 6.07) is 13.9. The van der Waals surface area contributed by atoms with Crippen molar-refractivity contribution in [2.45, 2.75) is 19.8 Å². The summed E-state index contributed by atoms with van der Waals surface area (Å²) < 4.78 is 24.2. The van der Waals surface area contributed by atoms with E-state index < -0.39 is 5.97 Å². The second kappa shape index (κ2) is 7.75. The molecular formula is C20H18FNO3. The van der Waals surface area contributed by atoms with Crippen molar-refractivity contribution < 1.29 is 18.7 Å². The Balaban J connectivity index is 1.68. The summed E-state index contributed by atoms with van der Waals surface area (Å²) in [6.45, 7) is 2.52. The molecule has 3 rings (SSSR count). The number of aliphatic imine (C=N–C) groups is 1. The second-order valence-electron chi connectivity index (χ2n) is 5.52. The third-order valence-corrected chi connectivity index (χ3v) is 3.73. The first-order valence-electron chi connectivity index (χ1n) is 8.13. The van der Waals surface area contributed by atoms with Crippen molar-refractivity contribution in [2.75, 3.05) is 6.61 Å². The summed E-state index contributed by atoms with van der Waals surface area (Å²) in [4.78, 5) is 16.2. The van der Waals surface area contributed by atoms with Crippen LogP contribution in [-0.4, -0.2) is 18.5 Å². The van der Waals surface area contributed by atoms with Gasteiger partial charge in [0.05, 0.1) is 6.61 Å². The van der Waals surface area contributed by atoms with Crippen molar-refractivity contribution in [2.24, 2.45) is 4.99 Å². The van der Waals surface area contributed by atoms with Gasteiger partial charge in [-0.1, -0.05) is 30.3 Å². The highest BCUT2D eigenvalue weighted by molar-refractivity contribution is 6.07. The van der Waals surface area contributed by atoms with E-state index in [4.69, 9.17) is 9.47 Å². The molecule has 0 aromatic heterocycles. The first kappa shape index (κ1) is 16.9. The highest BCUT2D eigenvalue weighted by Crippen LogP contribution is 2.20. The highest BCUT2D eigenvalue weighted by atomic mass is 19.1. The Morgan fingerprint density at radius 1 is 1.12 bits per heavy atom. The van der Waals surface area contributed by atoms with E-state index in [9.17, 15) is 9.18 Å². The van der Waals surface area contributed by atoms with Crippen LogP contribution in [0.5, 0.6) is 5.75 Å². The molecule has 25 heavy (non-hydrogen) atoms. The smallest absolute Gasteiger partial charge is 0.363 e. The average Bonchev–Trinajstić information content (AvgIpc) is 2.96. The van der Waals surface area contributed by atoms with Gasteiger partial charge in [0.1, 0.15) is 11.6 Å². The van der Waals surface area contributed by atoms with Crippen molar-refractivity contribution in [3.05, 3.63) is 71.2 Å². The van der Waals surface area contributed by atoms with Gasteiger partial charge in [0.15, 0.2) is 11.6 Å². The predicted molar refractivity (Wildman–Crippen MR) is 93.8 cm³/mol. The molecule has 0 amide bonds. The second-order valence-corrected chi connectivity index (χ2v) is 5.52. The topological polar surface area (TPSA) is 47.9 Å². The lowest BCUT2D eigenvalue weighted by Gasteiger charge is -2.02. The molecule has 1 aliphatic rings. The molecule has 128 valence electrons. The van der Waals surface area contributed by atoms with E-state index in [1.165, 1.54) is 6.07 Å². The highest BCUT2D eigenvalue weighted by Gasteiger charge is 2.22. The number of carbonyl (C=O) groups excluding carboxylic acids is 1. The van der Waals surface area contributed by atoms with Crippen molar-refractivity contribution in [1.82, 2.24) is 0 Å². The van der Waals surface area contributed by atoms with E-state index >= 15 is 0 Å². The van der Waals surface area contributed by atoms with Crippen LogP contribution in [-0.2, 0) is 16.0 Å². The zero-order valence-electron chi connectivity index (χ0n) is 13.9. The molecular weight excluding hydrogens is 321 g/mol. The summed E-state index contributed by atoms with van der Waals surface area (Å²) in [5, 5.41) is 0. The number of hydrogen-bond donors (Lipinski definition) is 0. The average molecular weight is 339 g/mol. The van der Waals surface area contributed by atoms with Gasteiger partial charge in [0, 0.05) is 6.42 Å². The molecule has 0 bridgehead atoms. The summed E-state index contributed by atoms with van der Waals surface area (Å²) in [5.41, 5.74) is 1.65. The van der Waals surface area contributed by atoms with Crippen molar-refractivity contribution in [3.63, 3.8) is 0 Å². The van der Waals surface area contributed by atoms with Crippen LogP contribution in [0.25, 0.3) is 6.08 Å². The summed E-state index contributed by atoms with van der Waals surface area (Å²) in [7, 11) is 0. The van der Waals surface area contributed by atoms with E-state index in [1.807, 2.05) is 31.2 Å². The number of nitrogens with zero attached hydrogens (tertiary/aromatic N) is 1. The van der Waals surface area contributed by atoms with Gasteiger partial charge >= 0.3 is 5.97 Å². The Labute approximate surface area is 145 Å². The van der Waals surface area contributed by atoms with Crippen LogP contribution in [0.15, 0.2) is 59.2 Å². The Hall–Kier alpha value is -2.95. The largest absolute Gasteiger partial charge is 0.494 e. The number of aryl methyl sites for hydroxylation is 1. The van der Waals surface area contributed by atoms with Gasteiger partial charge in [-0.3, -0.25) is 0 Å². The maximum atomic E-state index is 13.6. The maximum absolute atomic E-state index is 13.6. The van der Waals surface area contributed by atoms with Crippen LogP contribution in [0.1, 0.15) is 24.5 Å². The van der Waals surface area contributed by atoms with Gasteiger partial charge in [0.2, 0.25) is 0 Å². The fourth-order valence-electron chi connectivity index (χ4n) is 2.49. The summed E-state index contributed by atoms with van der Waals surface area (Å²) >= 11 is 0. The van der Waals surface area contributed by atoms with Crippen LogP contribution in [0, 0.1) is 5.82 Å². The third kappa shape index (κ3) is 4.32. The normalized spacial score (nSPS) is 15.2. The fourth-order valence-corrected chi connectivity index (χ4v) is 2.49. The third-order valence-electron chi connectivity index (χ3n) is 3.73. The van der Waals surface area contributed by atoms with Gasteiger partial charge in [-0.15, -0.1) is 0 Å². The molecule has 4 nitrogen and oxygen atoms in total. The first-order valence-corrected chi connectivity index (χ1v) is 8.13. The molecule has 0 saturated heterocycles. The van der Waals surface area contributed by atoms with Crippen molar-refractivity contribution >= 4 is 17.9 Å². The van der Waals surface area contributed by atoms with Gasteiger partial charge in [-0.25, -0.2) is 14.2 Å². The molecule has 0 aliphatic carbocycles. The molecule has 1 heterocycles. The van der Waals surface area contributed by atoms with Gasteiger partial charge in [0.25, 0.3) is 0 Å². The molecule has 0 atom stereocenters. The molecule has 0 spiro atoms. The minimum atomic E-state index is -0.489. The number of ether oxygens (including phenoxy) is 2. The van der Waals surface area contributed by atoms with E-state index in [1.54, 1.807) is 24.3 Å². The Morgan fingerprint density at radius 2 is 1.88 bits per heavy atom. The Bertz CT molecular complexity index is 825. The molecule has 1 aliphatic heterocycles. The van der Waals surface area contributed by atoms with E-state index in [-0.39, 0.29) is 11.5 Å². The van der Waals surface area contributed by atoms with Crippen molar-refractivity contribution in [1.29, 1.82) is 0 Å². The number of esters is 1. The molecule has 2 aromatic rings. The van der Waals surface area contributed by atoms with Crippen LogP contribution in [0.2, 0.25) is 0 Å². The monoisotopic (exact) mass is 339 g/mol. The van der Waals surface area contributed by atoms with E-state index in [0.717, 1.165) is 11.3 Å². The van der Waals surface area contributed by atoms with Gasteiger partial charge < -0.3 is 9.47 Å². The zero-order chi connectivity index (χ0) is 17.6. The SMILES string of the molecule is CCOc1ccc(/C=C2/N=C(CCc3ccccc3F)OC2=O)cc1. The quantitative estimate of drug-likeness (QED) is 0.587. The minimum Gasteiger partial charge on any atom is -0.494 e. The van der Waals surface area contributed by atoms with Crippen LogP contribution in [0.3, 0.4) is 0 Å². The summed E-state index contributed by atoms with van der Waals surface area (Å²) in [6.07, 6.45) is 2.45. The standard InChI is InChI=1S/C20H18FNO3/c1-2-24-16-10-7-14(8-11-16)13-18-20(23)25-19(22-18)12-9-15-5-3-4-6-17(15)21/h3-8,10-11,13H,2,9,12H2,1H3/b18-13+. The minimum absolute atomic E-state index is 0.243. The van der Waals surface area contributed by atoms with Crippen molar-refractivity contribution in [3.8, 4) is 5.75 Å². The Kier molecular flexibility index (Phi) is 5.23. The van der Waals surface area contributed by atoms with Crippen LogP contribution < -0.4 is 4.74 Å². The van der Waals surface area contributed by atoms with Gasteiger partial charge in [-0.05, 0) is 48.7 Å². The number of benzene rings is 2. The molecule has 0 saturated carbocycles. The lowest BCUT2D eigenvalue weighted by molar-refractivity contribution is -0.130. The molecule has 0 unspecified atom stereocenters. The van der Waals surface area contributed by atoms with Gasteiger partial charge in [-0.2, -0.15) is 0 Å². The first-order chi connectivity index (χ1) is 12.2. The number of halogens is 1. The number of cyclic esters (lactones) is 1. The van der Waals surface area contributed by atoms with Crippen LogP contribution >= 0.6 is 0 Å². The molecule has 0 radical (unpaired) electrons. The van der Waals surface area contributed by atoms with E-state index in [2.05, 4.69) is 4.99 Å². The fraction of sp³-hybridized carbons (Fsp3) is 0.200.